The van der Waals surface area contributed by atoms with Gasteiger partial charge < -0.3 is 10.4 Å². The number of benzene rings is 1. The van der Waals surface area contributed by atoms with Crippen LogP contribution in [0.1, 0.15) is 25.0 Å². The normalized spacial score (nSPS) is 11.4. The summed E-state index contributed by atoms with van der Waals surface area (Å²) in [6.45, 7) is 7.28. The number of aliphatic hydroxyl groups is 1. The molecular formula is C12H18N2O3. The standard InChI is InChI=1S/C12H18N2O3/c1-8-9(2)11(14(16)17)6-5-10(8)13-12(3,4)7-15/h5-6,13,15H,7H2,1-4H3. The van der Waals surface area contributed by atoms with Crippen molar-refractivity contribution in [2.45, 2.75) is 33.2 Å². The van der Waals surface area contributed by atoms with E-state index in [1.54, 1.807) is 13.0 Å². The van der Waals surface area contributed by atoms with Gasteiger partial charge in [0.2, 0.25) is 0 Å². The summed E-state index contributed by atoms with van der Waals surface area (Å²) in [7, 11) is 0. The summed E-state index contributed by atoms with van der Waals surface area (Å²) in [5.41, 5.74) is 1.96. The van der Waals surface area contributed by atoms with Crippen molar-refractivity contribution in [3.05, 3.63) is 33.4 Å². The van der Waals surface area contributed by atoms with Gasteiger partial charge in [0.15, 0.2) is 0 Å². The summed E-state index contributed by atoms with van der Waals surface area (Å²) in [6.07, 6.45) is 0. The van der Waals surface area contributed by atoms with Gasteiger partial charge in [-0.25, -0.2) is 0 Å². The molecule has 0 saturated carbocycles. The molecule has 0 aliphatic carbocycles. The molecule has 0 spiro atoms. The van der Waals surface area contributed by atoms with Crippen molar-refractivity contribution in [1.29, 1.82) is 0 Å². The van der Waals surface area contributed by atoms with Crippen LogP contribution < -0.4 is 5.32 Å². The maximum atomic E-state index is 10.8. The molecule has 0 fully saturated rings. The first-order valence-corrected chi connectivity index (χ1v) is 5.42. The molecule has 0 heterocycles. The van der Waals surface area contributed by atoms with E-state index in [9.17, 15) is 15.2 Å². The number of nitro groups is 1. The third-order valence-electron chi connectivity index (χ3n) is 2.82. The van der Waals surface area contributed by atoms with Crippen molar-refractivity contribution in [3.8, 4) is 0 Å². The van der Waals surface area contributed by atoms with Crippen LogP contribution in [0.5, 0.6) is 0 Å². The summed E-state index contributed by atoms with van der Waals surface area (Å²) in [5, 5.41) is 23.1. The lowest BCUT2D eigenvalue weighted by molar-refractivity contribution is -0.385. The number of rotatable bonds is 4. The van der Waals surface area contributed by atoms with E-state index in [4.69, 9.17) is 0 Å². The molecule has 17 heavy (non-hydrogen) atoms. The zero-order chi connectivity index (χ0) is 13.2. The summed E-state index contributed by atoms with van der Waals surface area (Å²) < 4.78 is 0. The Morgan fingerprint density at radius 1 is 1.35 bits per heavy atom. The lowest BCUT2D eigenvalue weighted by atomic mass is 10.0. The molecule has 0 aromatic heterocycles. The van der Waals surface area contributed by atoms with Gasteiger partial charge in [-0.3, -0.25) is 10.1 Å². The summed E-state index contributed by atoms with van der Waals surface area (Å²) in [4.78, 5) is 10.4. The monoisotopic (exact) mass is 238 g/mol. The number of aliphatic hydroxyl groups excluding tert-OH is 1. The Morgan fingerprint density at radius 3 is 2.41 bits per heavy atom. The Morgan fingerprint density at radius 2 is 1.94 bits per heavy atom. The Kier molecular flexibility index (Phi) is 3.72. The predicted octanol–water partition coefficient (Wildman–Crippen LogP) is 2.39. The second kappa shape index (κ2) is 4.71. The fourth-order valence-corrected chi connectivity index (χ4v) is 1.54. The highest BCUT2D eigenvalue weighted by Crippen LogP contribution is 2.28. The van der Waals surface area contributed by atoms with E-state index in [0.29, 0.717) is 5.56 Å². The topological polar surface area (TPSA) is 75.4 Å². The molecule has 0 bridgehead atoms. The number of nitro benzene ring substituents is 1. The fourth-order valence-electron chi connectivity index (χ4n) is 1.54. The van der Waals surface area contributed by atoms with Gasteiger partial charge in [-0.1, -0.05) is 0 Å². The average molecular weight is 238 g/mol. The Hall–Kier alpha value is -1.62. The van der Waals surface area contributed by atoms with Gasteiger partial charge in [0, 0.05) is 17.3 Å². The minimum Gasteiger partial charge on any atom is -0.394 e. The second-order valence-electron chi connectivity index (χ2n) is 4.81. The van der Waals surface area contributed by atoms with Crippen LogP contribution in [0.15, 0.2) is 12.1 Å². The van der Waals surface area contributed by atoms with Gasteiger partial charge in [-0.2, -0.15) is 0 Å². The van der Waals surface area contributed by atoms with Crippen LogP contribution >= 0.6 is 0 Å². The van der Waals surface area contributed by atoms with E-state index in [0.717, 1.165) is 11.3 Å². The van der Waals surface area contributed by atoms with Gasteiger partial charge in [-0.05, 0) is 39.3 Å². The number of nitrogens with zero attached hydrogens (tertiary/aromatic N) is 1. The number of nitrogens with one attached hydrogen (secondary N) is 1. The first-order chi connectivity index (χ1) is 7.78. The number of hydrogen-bond donors (Lipinski definition) is 2. The Labute approximate surface area is 101 Å². The molecule has 1 rings (SSSR count). The zero-order valence-corrected chi connectivity index (χ0v) is 10.6. The Bertz CT molecular complexity index is 442. The van der Waals surface area contributed by atoms with Crippen LogP contribution in [0, 0.1) is 24.0 Å². The van der Waals surface area contributed by atoms with E-state index >= 15 is 0 Å². The quantitative estimate of drug-likeness (QED) is 0.623. The van der Waals surface area contributed by atoms with Crippen molar-refractivity contribution in [2.75, 3.05) is 11.9 Å². The largest absolute Gasteiger partial charge is 0.394 e. The second-order valence-corrected chi connectivity index (χ2v) is 4.81. The molecule has 0 aliphatic rings. The van der Waals surface area contributed by atoms with Crippen LogP contribution in [0.3, 0.4) is 0 Å². The molecule has 0 atom stereocenters. The molecule has 1 aromatic carbocycles. The molecule has 2 N–H and O–H groups in total. The molecule has 94 valence electrons. The molecule has 0 saturated heterocycles. The molecule has 0 amide bonds. The highest BCUT2D eigenvalue weighted by atomic mass is 16.6. The fraction of sp³-hybridized carbons (Fsp3) is 0.500. The lowest BCUT2D eigenvalue weighted by Gasteiger charge is -2.26. The molecule has 5 heteroatoms. The van der Waals surface area contributed by atoms with Crippen molar-refractivity contribution in [1.82, 2.24) is 0 Å². The van der Waals surface area contributed by atoms with E-state index < -0.39 is 5.54 Å². The number of anilines is 1. The van der Waals surface area contributed by atoms with Crippen LogP contribution in [-0.4, -0.2) is 22.2 Å². The van der Waals surface area contributed by atoms with Gasteiger partial charge in [-0.15, -0.1) is 0 Å². The molecule has 0 radical (unpaired) electrons. The van der Waals surface area contributed by atoms with E-state index in [2.05, 4.69) is 5.32 Å². The predicted molar refractivity (Wildman–Crippen MR) is 67.4 cm³/mol. The molecule has 5 nitrogen and oxygen atoms in total. The lowest BCUT2D eigenvalue weighted by Crippen LogP contribution is -2.35. The third-order valence-corrected chi connectivity index (χ3v) is 2.82. The van der Waals surface area contributed by atoms with E-state index in [-0.39, 0.29) is 17.2 Å². The summed E-state index contributed by atoms with van der Waals surface area (Å²) in [5.74, 6) is 0. The van der Waals surface area contributed by atoms with Crippen LogP contribution in [0.25, 0.3) is 0 Å². The van der Waals surface area contributed by atoms with Crippen molar-refractivity contribution in [3.63, 3.8) is 0 Å². The Balaban J connectivity index is 3.13. The van der Waals surface area contributed by atoms with Crippen molar-refractivity contribution >= 4 is 11.4 Å². The maximum absolute atomic E-state index is 10.8. The summed E-state index contributed by atoms with van der Waals surface area (Å²) >= 11 is 0. The van der Waals surface area contributed by atoms with E-state index in [1.807, 2.05) is 20.8 Å². The first-order valence-electron chi connectivity index (χ1n) is 5.42. The van der Waals surface area contributed by atoms with Gasteiger partial charge in [0.1, 0.15) is 0 Å². The first kappa shape index (κ1) is 13.4. The SMILES string of the molecule is Cc1c(NC(C)(C)CO)ccc([N+](=O)[O-])c1C. The maximum Gasteiger partial charge on any atom is 0.272 e. The average Bonchev–Trinajstić information content (AvgIpc) is 2.24. The smallest absolute Gasteiger partial charge is 0.272 e. The minimum absolute atomic E-state index is 0.0114. The van der Waals surface area contributed by atoms with Crippen LogP contribution in [0.4, 0.5) is 11.4 Å². The summed E-state index contributed by atoms with van der Waals surface area (Å²) in [6, 6.07) is 3.16. The molecule has 0 unspecified atom stereocenters. The van der Waals surface area contributed by atoms with Crippen molar-refractivity contribution in [2.24, 2.45) is 0 Å². The number of hydrogen-bond acceptors (Lipinski definition) is 4. The molecule has 1 aromatic rings. The van der Waals surface area contributed by atoms with Crippen LogP contribution in [-0.2, 0) is 0 Å². The third kappa shape index (κ3) is 2.94. The molecule has 0 aliphatic heterocycles. The van der Waals surface area contributed by atoms with Gasteiger partial charge in [0.25, 0.3) is 5.69 Å². The van der Waals surface area contributed by atoms with Gasteiger partial charge >= 0.3 is 0 Å². The van der Waals surface area contributed by atoms with Crippen molar-refractivity contribution < 1.29 is 10.0 Å². The van der Waals surface area contributed by atoms with E-state index in [1.165, 1.54) is 6.07 Å². The zero-order valence-electron chi connectivity index (χ0n) is 10.6. The minimum atomic E-state index is -0.451. The van der Waals surface area contributed by atoms with Gasteiger partial charge in [0.05, 0.1) is 17.1 Å². The van der Waals surface area contributed by atoms with Crippen LogP contribution in [0.2, 0.25) is 0 Å². The highest BCUT2D eigenvalue weighted by molar-refractivity contribution is 5.61. The highest BCUT2D eigenvalue weighted by Gasteiger charge is 2.20. The molecular weight excluding hydrogens is 220 g/mol.